The molecule has 19 heavy (non-hydrogen) atoms. The molecule has 0 aliphatic rings. The van der Waals surface area contributed by atoms with E-state index in [1.807, 2.05) is 20.8 Å². The molecular weight excluding hydrogens is 263 g/mol. The summed E-state index contributed by atoms with van der Waals surface area (Å²) in [4.78, 5) is 4.05. The molecule has 0 spiro atoms. The Kier molecular flexibility index (Phi) is 4.92. The first-order chi connectivity index (χ1) is 8.59. The Balaban J connectivity index is 2.43. The van der Waals surface area contributed by atoms with Crippen molar-refractivity contribution in [3.05, 3.63) is 11.7 Å². The summed E-state index contributed by atoms with van der Waals surface area (Å²) in [6.07, 6.45) is -4.17. The number of rotatable bonds is 5. The molecule has 0 aromatic carbocycles. The molecule has 5 nitrogen and oxygen atoms in total. The Morgan fingerprint density at radius 3 is 2.47 bits per heavy atom. The van der Waals surface area contributed by atoms with Crippen molar-refractivity contribution in [1.82, 2.24) is 10.1 Å². The van der Waals surface area contributed by atoms with Gasteiger partial charge >= 0.3 is 6.18 Å². The standard InChI is InChI=1S/C11H18F3N3O2/c1-10(2,3)8(15)9-16-7(17-19-9)4-5-18-6-11(12,13)14/h8H,4-6,15H2,1-3H3. The molecule has 0 saturated carbocycles. The van der Waals surface area contributed by atoms with Crippen LogP contribution in [0, 0.1) is 5.41 Å². The molecule has 0 aliphatic carbocycles. The Hall–Kier alpha value is -1.15. The van der Waals surface area contributed by atoms with Crippen molar-refractivity contribution in [2.45, 2.75) is 39.4 Å². The first-order valence-corrected chi connectivity index (χ1v) is 5.82. The van der Waals surface area contributed by atoms with Gasteiger partial charge in [0.05, 0.1) is 12.6 Å². The second-order valence-corrected chi connectivity index (χ2v) is 5.31. The van der Waals surface area contributed by atoms with Crippen molar-refractivity contribution in [3.8, 4) is 0 Å². The van der Waals surface area contributed by atoms with Gasteiger partial charge in [0.25, 0.3) is 0 Å². The minimum Gasteiger partial charge on any atom is -0.372 e. The van der Waals surface area contributed by atoms with Crippen LogP contribution in [0.4, 0.5) is 13.2 Å². The van der Waals surface area contributed by atoms with Gasteiger partial charge in [0, 0.05) is 6.42 Å². The number of ether oxygens (including phenoxy) is 1. The van der Waals surface area contributed by atoms with Crippen molar-refractivity contribution >= 4 is 0 Å². The number of aromatic nitrogens is 2. The smallest absolute Gasteiger partial charge is 0.372 e. The Bertz CT molecular complexity index is 399. The fourth-order valence-electron chi connectivity index (χ4n) is 1.22. The topological polar surface area (TPSA) is 74.2 Å². The van der Waals surface area contributed by atoms with Gasteiger partial charge in [-0.25, -0.2) is 0 Å². The molecule has 0 aliphatic heterocycles. The van der Waals surface area contributed by atoms with Gasteiger partial charge in [-0.2, -0.15) is 18.2 Å². The van der Waals surface area contributed by atoms with E-state index in [4.69, 9.17) is 10.3 Å². The first-order valence-electron chi connectivity index (χ1n) is 5.82. The third-order valence-corrected chi connectivity index (χ3v) is 2.42. The van der Waals surface area contributed by atoms with Gasteiger partial charge in [-0.3, -0.25) is 0 Å². The highest BCUT2D eigenvalue weighted by atomic mass is 19.4. The van der Waals surface area contributed by atoms with Gasteiger partial charge in [0.15, 0.2) is 5.82 Å². The maximum absolute atomic E-state index is 11.8. The van der Waals surface area contributed by atoms with Crippen LogP contribution >= 0.6 is 0 Å². The molecule has 1 atom stereocenters. The molecule has 1 unspecified atom stereocenters. The molecule has 0 fully saturated rings. The predicted octanol–water partition coefficient (Wildman–Crippen LogP) is 2.24. The van der Waals surface area contributed by atoms with E-state index < -0.39 is 18.8 Å². The van der Waals surface area contributed by atoms with Crippen LogP contribution in [-0.2, 0) is 11.2 Å². The largest absolute Gasteiger partial charge is 0.411 e. The number of alkyl halides is 3. The maximum Gasteiger partial charge on any atom is 0.411 e. The molecule has 0 bridgehead atoms. The van der Waals surface area contributed by atoms with Crippen molar-refractivity contribution < 1.29 is 22.4 Å². The average molecular weight is 281 g/mol. The lowest BCUT2D eigenvalue weighted by molar-refractivity contribution is -0.173. The lowest BCUT2D eigenvalue weighted by Crippen LogP contribution is -2.26. The van der Waals surface area contributed by atoms with E-state index in [9.17, 15) is 13.2 Å². The zero-order chi connectivity index (χ0) is 14.7. The van der Waals surface area contributed by atoms with Gasteiger partial charge in [-0.15, -0.1) is 0 Å². The monoisotopic (exact) mass is 281 g/mol. The molecule has 0 radical (unpaired) electrons. The van der Waals surface area contributed by atoms with E-state index >= 15 is 0 Å². The maximum atomic E-state index is 11.8. The highest BCUT2D eigenvalue weighted by Gasteiger charge is 2.28. The normalized spacial score (nSPS) is 14.7. The Morgan fingerprint density at radius 2 is 1.95 bits per heavy atom. The minimum absolute atomic E-state index is 0.122. The molecule has 110 valence electrons. The fourth-order valence-corrected chi connectivity index (χ4v) is 1.22. The van der Waals surface area contributed by atoms with Crippen LogP contribution < -0.4 is 5.73 Å². The molecule has 2 N–H and O–H groups in total. The van der Waals surface area contributed by atoms with Crippen molar-refractivity contribution in [1.29, 1.82) is 0 Å². The van der Waals surface area contributed by atoms with E-state index in [0.717, 1.165) is 0 Å². The minimum atomic E-state index is -4.32. The highest BCUT2D eigenvalue weighted by Crippen LogP contribution is 2.29. The summed E-state index contributed by atoms with van der Waals surface area (Å²) >= 11 is 0. The van der Waals surface area contributed by atoms with Crippen LogP contribution in [0.15, 0.2) is 4.52 Å². The summed E-state index contributed by atoms with van der Waals surface area (Å²) in [6.45, 7) is 4.37. The van der Waals surface area contributed by atoms with E-state index in [1.165, 1.54) is 0 Å². The van der Waals surface area contributed by atoms with Crippen LogP contribution in [0.1, 0.15) is 38.5 Å². The van der Waals surface area contributed by atoms with Crippen LogP contribution in [0.3, 0.4) is 0 Å². The second kappa shape index (κ2) is 5.87. The molecule has 1 heterocycles. The quantitative estimate of drug-likeness (QED) is 0.838. The van der Waals surface area contributed by atoms with Gasteiger partial charge in [0.2, 0.25) is 5.89 Å². The molecule has 1 rings (SSSR count). The summed E-state index contributed by atoms with van der Waals surface area (Å²) in [5, 5.41) is 3.66. The van der Waals surface area contributed by atoms with Crippen molar-refractivity contribution in [3.63, 3.8) is 0 Å². The fraction of sp³-hybridized carbons (Fsp3) is 0.818. The van der Waals surface area contributed by atoms with Gasteiger partial charge < -0.3 is 15.0 Å². The number of nitrogens with two attached hydrogens (primary N) is 1. The van der Waals surface area contributed by atoms with Crippen LogP contribution in [0.5, 0.6) is 0 Å². The van der Waals surface area contributed by atoms with Crippen molar-refractivity contribution in [2.24, 2.45) is 11.1 Å². The summed E-state index contributed by atoms with van der Waals surface area (Å²) in [7, 11) is 0. The molecule has 1 aromatic heterocycles. The third-order valence-electron chi connectivity index (χ3n) is 2.42. The zero-order valence-electron chi connectivity index (χ0n) is 11.1. The van der Waals surface area contributed by atoms with Gasteiger partial charge in [0.1, 0.15) is 6.61 Å². The number of hydrogen-bond donors (Lipinski definition) is 1. The Morgan fingerprint density at radius 1 is 1.32 bits per heavy atom. The molecule has 0 amide bonds. The van der Waals surface area contributed by atoms with Crippen LogP contribution in [0.25, 0.3) is 0 Å². The summed E-state index contributed by atoms with van der Waals surface area (Å²) < 4.78 is 44.9. The second-order valence-electron chi connectivity index (χ2n) is 5.31. The highest BCUT2D eigenvalue weighted by molar-refractivity contribution is 4.96. The lowest BCUT2D eigenvalue weighted by Gasteiger charge is -2.23. The summed E-state index contributed by atoms with van der Waals surface area (Å²) in [6, 6.07) is -0.426. The van der Waals surface area contributed by atoms with E-state index in [-0.39, 0.29) is 30.2 Å². The average Bonchev–Trinajstić information content (AvgIpc) is 2.69. The van der Waals surface area contributed by atoms with E-state index in [1.54, 1.807) is 0 Å². The van der Waals surface area contributed by atoms with Gasteiger partial charge in [-0.05, 0) is 5.41 Å². The first kappa shape index (κ1) is 15.9. The number of halogens is 3. The number of hydrogen-bond acceptors (Lipinski definition) is 5. The lowest BCUT2D eigenvalue weighted by atomic mass is 9.87. The summed E-state index contributed by atoms with van der Waals surface area (Å²) in [5.74, 6) is 0.565. The van der Waals surface area contributed by atoms with E-state index in [2.05, 4.69) is 14.9 Å². The third kappa shape index (κ3) is 5.56. The zero-order valence-corrected chi connectivity index (χ0v) is 11.1. The molecule has 8 heteroatoms. The SMILES string of the molecule is CC(C)(C)C(N)c1nc(CCOCC(F)(F)F)no1. The van der Waals surface area contributed by atoms with Crippen molar-refractivity contribution in [2.75, 3.05) is 13.2 Å². The molecule has 1 aromatic rings. The Labute approximate surface area is 109 Å². The van der Waals surface area contributed by atoms with Crippen LogP contribution in [-0.4, -0.2) is 29.5 Å². The van der Waals surface area contributed by atoms with Gasteiger partial charge in [-0.1, -0.05) is 25.9 Å². The molecule has 0 saturated heterocycles. The summed E-state index contributed by atoms with van der Waals surface area (Å²) in [5.41, 5.74) is 5.68. The van der Waals surface area contributed by atoms with E-state index in [0.29, 0.717) is 0 Å². The molecular formula is C11H18F3N3O2. The number of nitrogens with zero attached hydrogens (tertiary/aromatic N) is 2. The predicted molar refractivity (Wildman–Crippen MR) is 61.3 cm³/mol. The van der Waals surface area contributed by atoms with Crippen LogP contribution in [0.2, 0.25) is 0 Å².